The topological polar surface area (TPSA) is 76.4 Å². The first-order valence-electron chi connectivity index (χ1n) is 8.71. The zero-order chi connectivity index (χ0) is 20.4. The van der Waals surface area contributed by atoms with Gasteiger partial charge >= 0.3 is 0 Å². The molecule has 0 fully saturated rings. The quantitative estimate of drug-likeness (QED) is 0.484. The predicted molar refractivity (Wildman–Crippen MR) is 107 cm³/mol. The van der Waals surface area contributed by atoms with Crippen molar-refractivity contribution < 1.29 is 17.2 Å². The Bertz CT molecular complexity index is 1250. The first kappa shape index (κ1) is 19.6. The van der Waals surface area contributed by atoms with Crippen LogP contribution in [0, 0.1) is 11.6 Å². The SMILES string of the molecule is O=S(=O)(Cc1ccc(F)cc1)NCCc1csc2nc(-c3ccccc3F)nn12. The summed E-state index contributed by atoms with van der Waals surface area (Å²) in [4.78, 5) is 4.95. The largest absolute Gasteiger partial charge is 0.215 e. The molecular weight excluding hydrogens is 418 g/mol. The smallest absolute Gasteiger partial charge is 0.215 e. The maximum absolute atomic E-state index is 14.0. The fourth-order valence-electron chi connectivity index (χ4n) is 2.84. The first-order valence-corrected chi connectivity index (χ1v) is 11.2. The Labute approximate surface area is 169 Å². The van der Waals surface area contributed by atoms with Crippen molar-refractivity contribution >= 4 is 26.3 Å². The van der Waals surface area contributed by atoms with Crippen molar-refractivity contribution in [2.24, 2.45) is 0 Å². The van der Waals surface area contributed by atoms with Crippen molar-refractivity contribution in [2.75, 3.05) is 6.54 Å². The van der Waals surface area contributed by atoms with Gasteiger partial charge in [0.15, 0.2) is 5.82 Å². The molecule has 0 aliphatic rings. The highest BCUT2D eigenvalue weighted by molar-refractivity contribution is 7.88. The molecule has 2 aromatic heterocycles. The van der Waals surface area contributed by atoms with Crippen molar-refractivity contribution in [3.05, 3.63) is 76.8 Å². The second-order valence-corrected chi connectivity index (χ2v) is 9.01. The molecule has 0 saturated carbocycles. The van der Waals surface area contributed by atoms with Gasteiger partial charge in [-0.25, -0.2) is 26.4 Å². The molecule has 150 valence electrons. The Morgan fingerprint density at radius 1 is 1.07 bits per heavy atom. The molecule has 0 atom stereocenters. The van der Waals surface area contributed by atoms with E-state index in [9.17, 15) is 17.2 Å². The summed E-state index contributed by atoms with van der Waals surface area (Å²) in [5, 5.41) is 6.20. The highest BCUT2D eigenvalue weighted by Gasteiger charge is 2.15. The van der Waals surface area contributed by atoms with E-state index < -0.39 is 21.7 Å². The molecule has 0 unspecified atom stereocenters. The van der Waals surface area contributed by atoms with Gasteiger partial charge in [0.25, 0.3) is 0 Å². The van der Waals surface area contributed by atoms with E-state index in [1.165, 1.54) is 41.7 Å². The number of fused-ring (bicyclic) bond motifs is 1. The molecule has 10 heteroatoms. The summed E-state index contributed by atoms with van der Waals surface area (Å²) in [5.74, 6) is -0.760. The maximum atomic E-state index is 14.0. The van der Waals surface area contributed by atoms with Crippen molar-refractivity contribution in [3.63, 3.8) is 0 Å². The fraction of sp³-hybridized carbons (Fsp3) is 0.158. The number of rotatable bonds is 7. The highest BCUT2D eigenvalue weighted by atomic mass is 32.2. The van der Waals surface area contributed by atoms with Gasteiger partial charge in [0.1, 0.15) is 11.6 Å². The van der Waals surface area contributed by atoms with Crippen LogP contribution in [0.15, 0.2) is 53.9 Å². The second-order valence-electron chi connectivity index (χ2n) is 6.37. The van der Waals surface area contributed by atoms with Crippen LogP contribution in [-0.2, 0) is 22.2 Å². The Kier molecular flexibility index (Phi) is 5.39. The van der Waals surface area contributed by atoms with E-state index in [1.807, 2.05) is 5.38 Å². The lowest BCUT2D eigenvalue weighted by Gasteiger charge is -2.06. The molecule has 0 amide bonds. The van der Waals surface area contributed by atoms with Gasteiger partial charge in [0, 0.05) is 18.3 Å². The lowest BCUT2D eigenvalue weighted by molar-refractivity contribution is 0.579. The van der Waals surface area contributed by atoms with Gasteiger partial charge in [-0.3, -0.25) is 0 Å². The minimum absolute atomic E-state index is 0.171. The molecule has 0 saturated heterocycles. The number of nitrogens with zero attached hydrogens (tertiary/aromatic N) is 3. The summed E-state index contributed by atoms with van der Waals surface area (Å²) in [6, 6.07) is 11.6. The molecule has 0 radical (unpaired) electrons. The molecule has 1 N–H and O–H groups in total. The third-order valence-electron chi connectivity index (χ3n) is 4.24. The second kappa shape index (κ2) is 7.97. The van der Waals surface area contributed by atoms with E-state index in [0.29, 0.717) is 22.5 Å². The standard InChI is InChI=1S/C19H16F2N4O2S2/c20-14-7-5-13(6-8-14)12-29(26,27)22-10-9-15-11-28-19-23-18(24-25(15)19)16-3-1-2-4-17(16)21/h1-8,11,22H,9-10,12H2. The van der Waals surface area contributed by atoms with Crippen LogP contribution in [0.4, 0.5) is 8.78 Å². The number of hydrogen-bond donors (Lipinski definition) is 1. The fourth-order valence-corrected chi connectivity index (χ4v) is 4.84. The maximum Gasteiger partial charge on any atom is 0.215 e. The number of thiazole rings is 1. The van der Waals surface area contributed by atoms with Crippen LogP contribution >= 0.6 is 11.3 Å². The summed E-state index contributed by atoms with van der Waals surface area (Å²) in [6.45, 7) is 0.171. The predicted octanol–water partition coefficient (Wildman–Crippen LogP) is 3.40. The molecule has 0 aliphatic carbocycles. The molecular formula is C19H16F2N4O2S2. The number of benzene rings is 2. The van der Waals surface area contributed by atoms with Crippen LogP contribution in [0.3, 0.4) is 0 Å². The van der Waals surface area contributed by atoms with Crippen LogP contribution in [-0.4, -0.2) is 29.6 Å². The van der Waals surface area contributed by atoms with Gasteiger partial charge in [-0.15, -0.1) is 16.4 Å². The number of halogens is 2. The van der Waals surface area contributed by atoms with Crippen LogP contribution < -0.4 is 4.72 Å². The average molecular weight is 434 g/mol. The molecule has 29 heavy (non-hydrogen) atoms. The van der Waals surface area contributed by atoms with Crippen LogP contribution in [0.1, 0.15) is 11.3 Å². The number of sulfonamides is 1. The average Bonchev–Trinajstić information content (AvgIpc) is 3.25. The van der Waals surface area contributed by atoms with Gasteiger partial charge < -0.3 is 0 Å². The summed E-state index contributed by atoms with van der Waals surface area (Å²) in [7, 11) is -3.56. The Hall–Kier alpha value is -2.69. The number of aromatic nitrogens is 3. The monoisotopic (exact) mass is 434 g/mol. The van der Waals surface area contributed by atoms with Crippen LogP contribution in [0.2, 0.25) is 0 Å². The van der Waals surface area contributed by atoms with E-state index in [2.05, 4.69) is 14.8 Å². The highest BCUT2D eigenvalue weighted by Crippen LogP contribution is 2.23. The van der Waals surface area contributed by atoms with Crippen molar-refractivity contribution in [1.29, 1.82) is 0 Å². The van der Waals surface area contributed by atoms with Crippen LogP contribution in [0.5, 0.6) is 0 Å². The Morgan fingerprint density at radius 2 is 1.83 bits per heavy atom. The first-order chi connectivity index (χ1) is 13.9. The normalized spacial score (nSPS) is 11.9. The molecule has 6 nitrogen and oxygen atoms in total. The molecule has 0 spiro atoms. The molecule has 0 aliphatic heterocycles. The van der Waals surface area contributed by atoms with Crippen molar-refractivity contribution in [2.45, 2.75) is 12.2 Å². The molecule has 4 rings (SSSR count). The van der Waals surface area contributed by atoms with Gasteiger partial charge in [-0.2, -0.15) is 4.98 Å². The zero-order valence-corrected chi connectivity index (χ0v) is 16.7. The van der Waals surface area contributed by atoms with E-state index >= 15 is 0 Å². The van der Waals surface area contributed by atoms with Crippen LogP contribution in [0.25, 0.3) is 16.3 Å². The molecule has 4 aromatic rings. The van der Waals surface area contributed by atoms with E-state index in [0.717, 1.165) is 5.69 Å². The summed E-state index contributed by atoms with van der Waals surface area (Å²) in [6.07, 6.45) is 0.392. The minimum atomic E-state index is -3.56. The van der Waals surface area contributed by atoms with E-state index in [1.54, 1.807) is 22.7 Å². The molecule has 2 heterocycles. The van der Waals surface area contributed by atoms with E-state index in [-0.39, 0.29) is 18.1 Å². The van der Waals surface area contributed by atoms with Gasteiger partial charge in [0.05, 0.1) is 17.0 Å². The Balaban J connectivity index is 1.43. The number of nitrogens with one attached hydrogen (secondary N) is 1. The Morgan fingerprint density at radius 3 is 2.59 bits per heavy atom. The van der Waals surface area contributed by atoms with Gasteiger partial charge in [0.2, 0.25) is 15.0 Å². The third-order valence-corrected chi connectivity index (χ3v) is 6.46. The lowest BCUT2D eigenvalue weighted by atomic mass is 10.2. The number of hydrogen-bond acceptors (Lipinski definition) is 5. The van der Waals surface area contributed by atoms with Gasteiger partial charge in [-0.05, 0) is 29.8 Å². The van der Waals surface area contributed by atoms with E-state index in [4.69, 9.17) is 0 Å². The van der Waals surface area contributed by atoms with Gasteiger partial charge in [-0.1, -0.05) is 24.3 Å². The minimum Gasteiger partial charge on any atom is -0.215 e. The summed E-state index contributed by atoms with van der Waals surface area (Å²) < 4.78 is 55.5. The summed E-state index contributed by atoms with van der Waals surface area (Å²) in [5.41, 5.74) is 1.58. The molecule has 2 aromatic carbocycles. The summed E-state index contributed by atoms with van der Waals surface area (Å²) >= 11 is 1.35. The zero-order valence-electron chi connectivity index (χ0n) is 15.0. The van der Waals surface area contributed by atoms with Crippen molar-refractivity contribution in [1.82, 2.24) is 19.3 Å². The third kappa shape index (κ3) is 4.50. The molecule has 0 bridgehead atoms. The lowest BCUT2D eigenvalue weighted by Crippen LogP contribution is -2.27. The van der Waals surface area contributed by atoms with Crippen molar-refractivity contribution in [3.8, 4) is 11.4 Å².